The van der Waals surface area contributed by atoms with Gasteiger partial charge in [-0.1, -0.05) is 46.6 Å². The summed E-state index contributed by atoms with van der Waals surface area (Å²) < 4.78 is 5.20. The average Bonchev–Trinajstić information content (AvgIpc) is 3.06. The number of nitrogens with one attached hydrogen (secondary N) is 1. The van der Waals surface area contributed by atoms with E-state index in [1.54, 1.807) is 24.3 Å². The second-order valence-electron chi connectivity index (χ2n) is 5.48. The molecule has 1 heterocycles. The fourth-order valence-electron chi connectivity index (χ4n) is 2.28. The van der Waals surface area contributed by atoms with E-state index in [9.17, 15) is 4.79 Å². The molecule has 0 saturated heterocycles. The van der Waals surface area contributed by atoms with Crippen LogP contribution in [0.2, 0.25) is 10.0 Å². The van der Waals surface area contributed by atoms with Crippen LogP contribution in [-0.2, 0) is 11.2 Å². The molecule has 2 aromatic carbocycles. The van der Waals surface area contributed by atoms with Gasteiger partial charge >= 0.3 is 0 Å². The molecule has 5 nitrogen and oxygen atoms in total. The van der Waals surface area contributed by atoms with Crippen molar-refractivity contribution >= 4 is 34.8 Å². The lowest BCUT2D eigenvalue weighted by Crippen LogP contribution is -2.13. The van der Waals surface area contributed by atoms with Crippen molar-refractivity contribution < 1.29 is 9.32 Å². The Hall–Kier alpha value is -2.37. The van der Waals surface area contributed by atoms with Gasteiger partial charge in [0.1, 0.15) is 0 Å². The third-order valence-corrected chi connectivity index (χ3v) is 4.30. The Morgan fingerprint density at radius 1 is 1.20 bits per heavy atom. The van der Waals surface area contributed by atoms with Crippen LogP contribution in [0.25, 0.3) is 11.4 Å². The number of aryl methyl sites for hydroxylation is 1. The highest BCUT2D eigenvalue weighted by Crippen LogP contribution is 2.23. The Labute approximate surface area is 155 Å². The molecule has 0 aliphatic carbocycles. The number of nitrogens with zero attached hydrogens (tertiary/aromatic N) is 2. The summed E-state index contributed by atoms with van der Waals surface area (Å²) in [7, 11) is 0. The van der Waals surface area contributed by atoms with Crippen LogP contribution in [0.3, 0.4) is 0 Å². The van der Waals surface area contributed by atoms with E-state index in [-0.39, 0.29) is 12.3 Å². The fourth-order valence-corrected chi connectivity index (χ4v) is 2.64. The molecule has 1 N–H and O–H groups in total. The number of hydrogen-bond donors (Lipinski definition) is 1. The van der Waals surface area contributed by atoms with Gasteiger partial charge in [-0.3, -0.25) is 4.79 Å². The van der Waals surface area contributed by atoms with Crippen LogP contribution in [0.5, 0.6) is 0 Å². The molecule has 1 aromatic heterocycles. The van der Waals surface area contributed by atoms with Crippen molar-refractivity contribution in [1.82, 2.24) is 10.1 Å². The normalized spacial score (nSPS) is 10.7. The van der Waals surface area contributed by atoms with Gasteiger partial charge in [-0.25, -0.2) is 0 Å². The number of benzene rings is 2. The Balaban J connectivity index is 1.60. The first-order valence-electron chi connectivity index (χ1n) is 7.66. The molecule has 0 aliphatic heterocycles. The number of carbonyl (C=O) groups excluding carboxylic acids is 1. The molecule has 0 unspecified atom stereocenters. The van der Waals surface area contributed by atoms with Crippen LogP contribution >= 0.6 is 23.2 Å². The predicted octanol–water partition coefficient (Wildman–Crippen LogP) is 4.92. The van der Waals surface area contributed by atoms with Gasteiger partial charge in [0.05, 0.1) is 0 Å². The van der Waals surface area contributed by atoms with Gasteiger partial charge in [-0.15, -0.1) is 0 Å². The van der Waals surface area contributed by atoms with E-state index in [0.29, 0.717) is 33.9 Å². The minimum Gasteiger partial charge on any atom is -0.339 e. The summed E-state index contributed by atoms with van der Waals surface area (Å²) in [5.41, 5.74) is 2.29. The molecular weight excluding hydrogens is 361 g/mol. The minimum atomic E-state index is -0.145. The summed E-state index contributed by atoms with van der Waals surface area (Å²) in [5, 5.41) is 7.97. The highest BCUT2D eigenvalue weighted by atomic mass is 35.5. The van der Waals surface area contributed by atoms with Crippen LogP contribution in [0.15, 0.2) is 47.0 Å². The third kappa shape index (κ3) is 4.38. The first kappa shape index (κ1) is 17.5. The van der Waals surface area contributed by atoms with Crippen molar-refractivity contribution in [3.63, 3.8) is 0 Å². The van der Waals surface area contributed by atoms with E-state index in [0.717, 1.165) is 11.1 Å². The summed E-state index contributed by atoms with van der Waals surface area (Å²) in [5.74, 6) is 0.699. The van der Waals surface area contributed by atoms with Crippen LogP contribution in [0.4, 0.5) is 5.69 Å². The van der Waals surface area contributed by atoms with Crippen molar-refractivity contribution in [2.45, 2.75) is 19.8 Å². The van der Waals surface area contributed by atoms with E-state index in [1.807, 2.05) is 25.1 Å². The van der Waals surface area contributed by atoms with E-state index >= 15 is 0 Å². The zero-order valence-corrected chi connectivity index (χ0v) is 14.9. The molecular formula is C18H15Cl2N3O2. The van der Waals surface area contributed by atoms with Crippen molar-refractivity contribution in [1.29, 1.82) is 0 Å². The quantitative estimate of drug-likeness (QED) is 0.686. The smallest absolute Gasteiger partial charge is 0.227 e. The monoisotopic (exact) mass is 375 g/mol. The van der Waals surface area contributed by atoms with Crippen LogP contribution < -0.4 is 5.32 Å². The van der Waals surface area contributed by atoms with Gasteiger partial charge < -0.3 is 9.84 Å². The number of hydrogen-bond acceptors (Lipinski definition) is 4. The molecule has 0 radical (unpaired) electrons. The number of amides is 1. The Bertz CT molecular complexity index is 909. The van der Waals surface area contributed by atoms with E-state index in [4.69, 9.17) is 27.7 Å². The maximum atomic E-state index is 12.1. The molecule has 0 spiro atoms. The summed E-state index contributed by atoms with van der Waals surface area (Å²) in [6.07, 6.45) is 0.572. The van der Waals surface area contributed by atoms with E-state index in [1.165, 1.54) is 0 Å². The SMILES string of the molecule is Cc1c(Cl)cccc1NC(=O)CCc1nc(-c2cccc(Cl)c2)no1. The molecule has 0 saturated carbocycles. The molecule has 1 amide bonds. The van der Waals surface area contributed by atoms with Gasteiger partial charge in [0.2, 0.25) is 17.6 Å². The van der Waals surface area contributed by atoms with Crippen molar-refractivity contribution in [2.24, 2.45) is 0 Å². The standard InChI is InChI=1S/C18H15Cl2N3O2/c1-11-14(20)6-3-7-15(11)21-16(24)8-9-17-22-18(23-25-17)12-4-2-5-13(19)10-12/h2-7,10H,8-9H2,1H3,(H,21,24). The third-order valence-electron chi connectivity index (χ3n) is 3.66. The minimum absolute atomic E-state index is 0.145. The molecule has 0 bridgehead atoms. The Kier molecular flexibility index (Phi) is 5.36. The van der Waals surface area contributed by atoms with Crippen LogP contribution in [-0.4, -0.2) is 16.0 Å². The number of aromatic nitrogens is 2. The first-order chi connectivity index (χ1) is 12.0. The van der Waals surface area contributed by atoms with E-state index < -0.39 is 0 Å². The topological polar surface area (TPSA) is 68.0 Å². The molecule has 3 rings (SSSR count). The van der Waals surface area contributed by atoms with Gasteiger partial charge in [0.25, 0.3) is 0 Å². The van der Waals surface area contributed by atoms with Crippen molar-refractivity contribution in [3.8, 4) is 11.4 Å². The zero-order chi connectivity index (χ0) is 17.8. The lowest BCUT2D eigenvalue weighted by atomic mass is 10.2. The number of halogens is 2. The van der Waals surface area contributed by atoms with Gasteiger partial charge in [0, 0.05) is 34.1 Å². The first-order valence-corrected chi connectivity index (χ1v) is 8.42. The fraction of sp³-hybridized carbons (Fsp3) is 0.167. The summed E-state index contributed by atoms with van der Waals surface area (Å²) >= 11 is 12.0. The number of rotatable bonds is 5. The lowest BCUT2D eigenvalue weighted by molar-refractivity contribution is -0.116. The number of anilines is 1. The highest BCUT2D eigenvalue weighted by molar-refractivity contribution is 6.31. The molecule has 128 valence electrons. The number of carbonyl (C=O) groups is 1. The summed E-state index contributed by atoms with van der Waals surface area (Å²) in [4.78, 5) is 16.4. The lowest BCUT2D eigenvalue weighted by Gasteiger charge is -2.08. The molecule has 0 aliphatic rings. The molecule has 7 heteroatoms. The zero-order valence-electron chi connectivity index (χ0n) is 13.4. The van der Waals surface area contributed by atoms with Crippen molar-refractivity contribution in [3.05, 3.63) is 64.0 Å². The second-order valence-corrected chi connectivity index (χ2v) is 6.33. The molecule has 0 fully saturated rings. The maximum absolute atomic E-state index is 12.1. The molecule has 0 atom stereocenters. The summed E-state index contributed by atoms with van der Waals surface area (Å²) in [6.45, 7) is 1.85. The summed E-state index contributed by atoms with van der Waals surface area (Å²) in [6, 6.07) is 12.6. The Morgan fingerprint density at radius 2 is 2.00 bits per heavy atom. The van der Waals surface area contributed by atoms with E-state index in [2.05, 4.69) is 15.5 Å². The van der Waals surface area contributed by atoms with Gasteiger partial charge in [-0.05, 0) is 36.8 Å². The molecule has 25 heavy (non-hydrogen) atoms. The van der Waals surface area contributed by atoms with Crippen molar-refractivity contribution in [2.75, 3.05) is 5.32 Å². The maximum Gasteiger partial charge on any atom is 0.227 e. The Morgan fingerprint density at radius 3 is 2.80 bits per heavy atom. The van der Waals surface area contributed by atoms with Crippen LogP contribution in [0.1, 0.15) is 17.9 Å². The van der Waals surface area contributed by atoms with Gasteiger partial charge in [0.15, 0.2) is 0 Å². The second kappa shape index (κ2) is 7.68. The predicted molar refractivity (Wildman–Crippen MR) is 97.9 cm³/mol. The van der Waals surface area contributed by atoms with Gasteiger partial charge in [-0.2, -0.15) is 4.98 Å². The highest BCUT2D eigenvalue weighted by Gasteiger charge is 2.12. The average molecular weight is 376 g/mol. The largest absolute Gasteiger partial charge is 0.339 e. The molecule has 3 aromatic rings. The van der Waals surface area contributed by atoms with Crippen LogP contribution in [0, 0.1) is 6.92 Å².